The van der Waals surface area contributed by atoms with Crippen LogP contribution in [0.2, 0.25) is 0 Å². The van der Waals surface area contributed by atoms with Gasteiger partial charge >= 0.3 is 0 Å². The van der Waals surface area contributed by atoms with E-state index in [4.69, 9.17) is 28.5 Å². The molecule has 1 aliphatic heterocycles. The lowest BCUT2D eigenvalue weighted by Crippen LogP contribution is -2.60. The minimum Gasteiger partial charge on any atom is -0.396 e. The third-order valence-electron chi connectivity index (χ3n) is 14.0. The molecule has 0 aromatic heterocycles. The molecule has 0 spiro atoms. The van der Waals surface area contributed by atoms with Crippen LogP contribution in [0.1, 0.15) is 122 Å². The fourth-order valence-electron chi connectivity index (χ4n) is 10.0. The number of nitrogens with zero attached hydrogens (tertiary/aromatic N) is 2. The normalized spacial score (nSPS) is 46.7. The molecule has 2 saturated carbocycles. The molecule has 1 saturated heterocycles. The van der Waals surface area contributed by atoms with E-state index < -0.39 is 77.3 Å². The van der Waals surface area contributed by atoms with Gasteiger partial charge in [-0.25, -0.2) is 0 Å². The summed E-state index contributed by atoms with van der Waals surface area (Å²) in [4.78, 5) is 22.5. The summed E-state index contributed by atoms with van der Waals surface area (Å²) in [6, 6.07) is -0.229. The molecule has 0 unspecified atom stereocenters. The zero-order valence-corrected chi connectivity index (χ0v) is 38.2. The lowest BCUT2D eigenvalue weighted by molar-refractivity contribution is -0.303. The Morgan fingerprint density at radius 1 is 0.895 bits per heavy atom. The Bertz CT molecular complexity index is 1300. The summed E-state index contributed by atoms with van der Waals surface area (Å²) in [5, 5.41) is 51.7. The number of ketones is 1. The second-order valence-corrected chi connectivity index (χ2v) is 19.4. The first-order chi connectivity index (χ1) is 26.4. The van der Waals surface area contributed by atoms with Crippen molar-refractivity contribution in [2.24, 2.45) is 46.6 Å². The number of rotatable bonds is 11. The number of hydrogen-bond acceptors (Lipinski definition) is 13. The van der Waals surface area contributed by atoms with Gasteiger partial charge < -0.3 is 53.8 Å². The Morgan fingerprint density at radius 2 is 1.51 bits per heavy atom. The molecule has 2 aliphatic carbocycles. The van der Waals surface area contributed by atoms with Gasteiger partial charge in [-0.05, 0) is 78.8 Å². The van der Waals surface area contributed by atoms with E-state index in [-0.39, 0.29) is 48.2 Å². The van der Waals surface area contributed by atoms with E-state index >= 15 is 0 Å². The van der Waals surface area contributed by atoms with Crippen molar-refractivity contribution < 1.29 is 53.7 Å². The number of Topliss-reactive ketones (excluding diaryl/α,β-unsaturated/α-hetero) is 1. The summed E-state index contributed by atoms with van der Waals surface area (Å²) in [6.07, 6.45) is -3.75. The van der Waals surface area contributed by atoms with Crippen LogP contribution in [0.15, 0.2) is 5.16 Å². The predicted octanol–water partition coefficient (Wildman–Crippen LogP) is 5.23. The average molecular weight is 815 g/mol. The zero-order chi connectivity index (χ0) is 43.4. The first-order valence-electron chi connectivity index (χ1n) is 21.6. The van der Waals surface area contributed by atoms with Crippen molar-refractivity contribution in [3.05, 3.63) is 0 Å². The molecule has 3 fully saturated rings. The monoisotopic (exact) mass is 815 g/mol. The third kappa shape index (κ3) is 11.6. The molecule has 334 valence electrons. The SMILES string of the molecule is CC[C@@H]1CC(=O)[C@H](C)[C@@H](O[C@@H]2C[C@@H](C)[C@H](O)[C@](C)(OC)C2)[C@H](C)[C@@H](O[C@@H]2O[C@H](C)C[C@H](N(C)C)[C@H]2O)[C@@](C)(OC)C[C@@H](C)/C(=N\OCC(C)C)[C@@H](C)[C@@H](O)[C@]1(C)O. The average Bonchev–Trinajstić information content (AvgIpc) is 3.14. The minimum absolute atomic E-state index is 0.00201. The summed E-state index contributed by atoms with van der Waals surface area (Å²) in [7, 11) is 7.08. The molecular weight excluding hydrogens is 732 g/mol. The zero-order valence-electron chi connectivity index (χ0n) is 38.2. The fourth-order valence-corrected chi connectivity index (χ4v) is 10.0. The Morgan fingerprint density at radius 3 is 2.05 bits per heavy atom. The first-order valence-corrected chi connectivity index (χ1v) is 21.6. The van der Waals surface area contributed by atoms with E-state index in [2.05, 4.69) is 5.16 Å². The number of carbonyl (C=O) groups is 1. The van der Waals surface area contributed by atoms with Crippen molar-refractivity contribution >= 4 is 11.5 Å². The van der Waals surface area contributed by atoms with E-state index in [9.17, 15) is 25.2 Å². The summed E-state index contributed by atoms with van der Waals surface area (Å²) in [6.45, 7) is 23.5. The van der Waals surface area contributed by atoms with Crippen molar-refractivity contribution in [3.8, 4) is 0 Å². The number of hydrogen-bond donors (Lipinski definition) is 4. The molecule has 57 heavy (non-hydrogen) atoms. The standard InChI is InChI=1S/C44H82N2O11/c1-17-31-20-34(47)28(7)37(56-32-18-25(4)38(49)42(10,22-32)52-15)30(9)40(57-41-36(48)33(46(13)14)19-27(6)55-41)43(11,53-16)21-26(5)35(45-54-23-24(2)3)29(8)39(50)44(31,12)51/h24-33,36-41,48-51H,17-23H2,1-16H3/b45-35+/t25-,26-,27-,28+,29-,30+,31-,32-,33+,36-,37-,38+,39-,40-,41+,42-,43+,44-/m1/s1. The quantitative estimate of drug-likeness (QED) is 0.201. The van der Waals surface area contributed by atoms with Crippen LogP contribution in [0.5, 0.6) is 0 Å². The molecular formula is C44H82N2O11. The van der Waals surface area contributed by atoms with Crippen LogP contribution in [0.3, 0.4) is 0 Å². The highest BCUT2D eigenvalue weighted by atomic mass is 16.7. The number of oxime groups is 1. The van der Waals surface area contributed by atoms with Gasteiger partial charge in [-0.2, -0.15) is 0 Å². The summed E-state index contributed by atoms with van der Waals surface area (Å²) in [5.74, 6) is -2.84. The highest BCUT2D eigenvalue weighted by Gasteiger charge is 2.53. The third-order valence-corrected chi connectivity index (χ3v) is 14.0. The van der Waals surface area contributed by atoms with Crippen LogP contribution in [0.25, 0.3) is 0 Å². The minimum atomic E-state index is -1.65. The highest BCUT2D eigenvalue weighted by molar-refractivity contribution is 5.89. The molecule has 0 aromatic rings. The Kier molecular flexibility index (Phi) is 18.0. The highest BCUT2D eigenvalue weighted by Crippen LogP contribution is 2.43. The molecule has 3 rings (SSSR count). The lowest BCUT2D eigenvalue weighted by atomic mass is 9.69. The molecule has 3 aliphatic rings. The molecule has 0 bridgehead atoms. The second kappa shape index (κ2) is 20.5. The molecule has 1 heterocycles. The van der Waals surface area contributed by atoms with Gasteiger partial charge in [0.1, 0.15) is 18.5 Å². The van der Waals surface area contributed by atoms with Crippen LogP contribution >= 0.6 is 0 Å². The van der Waals surface area contributed by atoms with Gasteiger partial charge in [0.25, 0.3) is 0 Å². The van der Waals surface area contributed by atoms with Crippen LogP contribution in [0, 0.1) is 41.4 Å². The smallest absolute Gasteiger partial charge is 0.185 e. The van der Waals surface area contributed by atoms with Gasteiger partial charge in [0.2, 0.25) is 0 Å². The van der Waals surface area contributed by atoms with Gasteiger partial charge in [0.15, 0.2) is 6.29 Å². The number of aliphatic hydroxyl groups excluding tert-OH is 3. The molecule has 13 nitrogen and oxygen atoms in total. The Labute approximate surface area is 344 Å². The maximum Gasteiger partial charge on any atom is 0.185 e. The predicted molar refractivity (Wildman–Crippen MR) is 221 cm³/mol. The first kappa shape index (κ1) is 50.1. The van der Waals surface area contributed by atoms with E-state index in [1.54, 1.807) is 21.1 Å². The number of aliphatic hydroxyl groups is 4. The summed E-state index contributed by atoms with van der Waals surface area (Å²) >= 11 is 0. The Hall–Kier alpha value is -1.26. The van der Waals surface area contributed by atoms with Crippen molar-refractivity contribution in [2.75, 3.05) is 34.9 Å². The van der Waals surface area contributed by atoms with E-state index in [1.807, 2.05) is 95.2 Å². The maximum absolute atomic E-state index is 14.7. The van der Waals surface area contributed by atoms with Gasteiger partial charge in [0.05, 0.1) is 59.1 Å². The van der Waals surface area contributed by atoms with Crippen LogP contribution < -0.4 is 0 Å². The van der Waals surface area contributed by atoms with E-state index in [0.717, 1.165) is 0 Å². The van der Waals surface area contributed by atoms with Gasteiger partial charge in [0, 0.05) is 56.8 Å². The van der Waals surface area contributed by atoms with Gasteiger partial charge in [-0.15, -0.1) is 0 Å². The van der Waals surface area contributed by atoms with Crippen molar-refractivity contribution in [1.29, 1.82) is 0 Å². The van der Waals surface area contributed by atoms with Crippen molar-refractivity contribution in [3.63, 3.8) is 0 Å². The molecule has 4 N–H and O–H groups in total. The number of ether oxygens (including phenoxy) is 5. The maximum atomic E-state index is 14.7. The van der Waals surface area contributed by atoms with Crippen molar-refractivity contribution in [1.82, 2.24) is 4.90 Å². The molecule has 0 radical (unpaired) electrons. The van der Waals surface area contributed by atoms with Crippen LogP contribution in [0.4, 0.5) is 0 Å². The van der Waals surface area contributed by atoms with Crippen LogP contribution in [-0.4, -0.2) is 144 Å². The van der Waals surface area contributed by atoms with Crippen LogP contribution in [-0.2, 0) is 33.3 Å². The molecule has 0 amide bonds. The number of carbonyl (C=O) groups excluding carboxylic acids is 1. The summed E-state index contributed by atoms with van der Waals surface area (Å²) < 4.78 is 33.0. The van der Waals surface area contributed by atoms with E-state index in [1.165, 1.54) is 0 Å². The topological polar surface area (TPSA) is 169 Å². The van der Waals surface area contributed by atoms with Gasteiger partial charge in [-0.1, -0.05) is 67.0 Å². The lowest BCUT2D eigenvalue weighted by Gasteiger charge is -2.50. The Balaban J connectivity index is 2.29. The largest absolute Gasteiger partial charge is 0.396 e. The molecule has 18 atom stereocenters. The molecule has 13 heteroatoms. The number of methoxy groups -OCH3 is 2. The molecule has 0 aromatic carbocycles. The number of likely N-dealkylation sites (N-methyl/N-ethyl adjacent to an activating group) is 1. The second-order valence-electron chi connectivity index (χ2n) is 19.4. The fraction of sp³-hybridized carbons (Fsp3) is 0.955. The van der Waals surface area contributed by atoms with E-state index in [0.29, 0.717) is 44.4 Å². The van der Waals surface area contributed by atoms with Crippen molar-refractivity contribution in [2.45, 2.75) is 193 Å². The van der Waals surface area contributed by atoms with Gasteiger partial charge in [-0.3, -0.25) is 4.79 Å². The summed E-state index contributed by atoms with van der Waals surface area (Å²) in [5.41, 5.74) is -3.05.